The first-order valence-corrected chi connectivity index (χ1v) is 12.2. The molecule has 0 saturated carbocycles. The molecular formula is C22H25N3O7S. The average Bonchev–Trinajstić information content (AvgIpc) is 3.08. The molecule has 2 heterocycles. The standard InChI is InChI=1S/C22H25N3O7S/c26-19(23-10-12-24(13-11-23)33(30,31)16-6-2-1-3-7-16)15-32-20(27)14-25-21(28)17-8-4-5-9-18(17)22(25)29/h1-7,17-18H,8-15H2. The molecular weight excluding hydrogens is 450 g/mol. The van der Waals surface area contributed by atoms with E-state index in [1.807, 2.05) is 12.2 Å². The Kier molecular flexibility index (Phi) is 6.61. The fourth-order valence-electron chi connectivity index (χ4n) is 4.35. The molecule has 3 aliphatic rings. The highest BCUT2D eigenvalue weighted by Crippen LogP contribution is 2.34. The third kappa shape index (κ3) is 4.69. The number of carbonyl (C=O) groups excluding carboxylic acids is 4. The van der Waals surface area contributed by atoms with Gasteiger partial charge in [-0.05, 0) is 25.0 Å². The summed E-state index contributed by atoms with van der Waals surface area (Å²) in [6.45, 7) is -0.450. The van der Waals surface area contributed by atoms with Crippen molar-refractivity contribution in [3.63, 3.8) is 0 Å². The molecule has 11 heteroatoms. The number of imide groups is 1. The second-order valence-electron chi connectivity index (χ2n) is 8.18. The summed E-state index contributed by atoms with van der Waals surface area (Å²) in [5.41, 5.74) is 0. The Morgan fingerprint density at radius 1 is 0.909 bits per heavy atom. The second-order valence-corrected chi connectivity index (χ2v) is 10.1. The molecule has 2 atom stereocenters. The zero-order chi connectivity index (χ0) is 23.6. The lowest BCUT2D eigenvalue weighted by atomic mass is 9.85. The second kappa shape index (κ2) is 9.44. The molecule has 0 N–H and O–H groups in total. The quantitative estimate of drug-likeness (QED) is 0.323. The molecule has 0 radical (unpaired) electrons. The molecule has 10 nitrogen and oxygen atoms in total. The molecule has 4 rings (SSSR count). The van der Waals surface area contributed by atoms with Gasteiger partial charge in [-0.15, -0.1) is 0 Å². The van der Waals surface area contributed by atoms with Gasteiger partial charge in [0.25, 0.3) is 5.91 Å². The van der Waals surface area contributed by atoms with Crippen LogP contribution in [0.5, 0.6) is 0 Å². The van der Waals surface area contributed by atoms with Crippen LogP contribution < -0.4 is 0 Å². The van der Waals surface area contributed by atoms with E-state index in [0.29, 0.717) is 12.8 Å². The number of fused-ring (bicyclic) bond motifs is 1. The number of likely N-dealkylation sites (tertiary alicyclic amines) is 1. The van der Waals surface area contributed by atoms with E-state index in [4.69, 9.17) is 4.74 Å². The average molecular weight is 476 g/mol. The molecule has 33 heavy (non-hydrogen) atoms. The largest absolute Gasteiger partial charge is 0.454 e. The van der Waals surface area contributed by atoms with Crippen LogP contribution in [0.4, 0.5) is 0 Å². The third-order valence-electron chi connectivity index (χ3n) is 6.22. The van der Waals surface area contributed by atoms with Crippen molar-refractivity contribution in [3.05, 3.63) is 42.5 Å². The first-order chi connectivity index (χ1) is 15.8. The van der Waals surface area contributed by atoms with Crippen LogP contribution in [0.2, 0.25) is 0 Å². The van der Waals surface area contributed by atoms with Crippen molar-refractivity contribution in [2.45, 2.75) is 17.7 Å². The molecule has 0 aromatic heterocycles. The zero-order valence-corrected chi connectivity index (χ0v) is 18.8. The Bertz CT molecular complexity index is 1050. The van der Waals surface area contributed by atoms with Crippen molar-refractivity contribution in [2.75, 3.05) is 39.3 Å². The SMILES string of the molecule is O=C(CN1C(=O)C2CC=CCC2C1=O)OCC(=O)N1CCN(S(=O)(=O)c2ccccc2)CC1. The number of sulfonamides is 1. The highest BCUT2D eigenvalue weighted by Gasteiger charge is 2.47. The summed E-state index contributed by atoms with van der Waals surface area (Å²) in [7, 11) is -3.63. The molecule has 1 aliphatic carbocycles. The van der Waals surface area contributed by atoms with E-state index in [0.717, 1.165) is 4.90 Å². The number of carbonyl (C=O) groups is 4. The first kappa shape index (κ1) is 23.1. The fourth-order valence-corrected chi connectivity index (χ4v) is 5.80. The summed E-state index contributed by atoms with van der Waals surface area (Å²) >= 11 is 0. The number of nitrogens with zero attached hydrogens (tertiary/aromatic N) is 3. The topological polar surface area (TPSA) is 121 Å². The number of hydrogen-bond acceptors (Lipinski definition) is 7. The normalized spacial score (nSPS) is 23.5. The number of piperazine rings is 1. The number of allylic oxidation sites excluding steroid dienone is 2. The fraction of sp³-hybridized carbons (Fsp3) is 0.455. The van der Waals surface area contributed by atoms with Crippen LogP contribution in [-0.2, 0) is 33.9 Å². The molecule has 0 spiro atoms. The molecule has 176 valence electrons. The van der Waals surface area contributed by atoms with E-state index >= 15 is 0 Å². The summed E-state index contributed by atoms with van der Waals surface area (Å²) in [5.74, 6) is -2.92. The predicted molar refractivity (Wildman–Crippen MR) is 115 cm³/mol. The monoisotopic (exact) mass is 475 g/mol. The number of rotatable bonds is 6. The van der Waals surface area contributed by atoms with Gasteiger partial charge in [0.15, 0.2) is 6.61 Å². The van der Waals surface area contributed by atoms with E-state index in [-0.39, 0.29) is 42.9 Å². The summed E-state index contributed by atoms with van der Waals surface area (Å²) in [6, 6.07) is 8.07. The van der Waals surface area contributed by atoms with Crippen LogP contribution in [-0.4, -0.2) is 85.5 Å². The summed E-state index contributed by atoms with van der Waals surface area (Å²) in [4.78, 5) is 52.0. The van der Waals surface area contributed by atoms with Crippen LogP contribution in [0.1, 0.15) is 12.8 Å². The van der Waals surface area contributed by atoms with Crippen molar-refractivity contribution in [1.82, 2.24) is 14.1 Å². The Labute approximate surface area is 191 Å². The molecule has 1 aromatic carbocycles. The van der Waals surface area contributed by atoms with Gasteiger partial charge in [-0.3, -0.25) is 24.1 Å². The Hall–Kier alpha value is -3.05. The van der Waals surface area contributed by atoms with Gasteiger partial charge in [0.2, 0.25) is 21.8 Å². The van der Waals surface area contributed by atoms with Crippen molar-refractivity contribution in [3.8, 4) is 0 Å². The van der Waals surface area contributed by atoms with Crippen molar-refractivity contribution in [1.29, 1.82) is 0 Å². The minimum absolute atomic E-state index is 0.129. The number of amides is 3. The lowest BCUT2D eigenvalue weighted by Gasteiger charge is -2.33. The van der Waals surface area contributed by atoms with E-state index in [1.54, 1.807) is 18.2 Å². The minimum Gasteiger partial charge on any atom is -0.454 e. The first-order valence-electron chi connectivity index (χ1n) is 10.8. The Balaban J connectivity index is 1.24. The molecule has 2 unspecified atom stereocenters. The highest BCUT2D eigenvalue weighted by atomic mass is 32.2. The summed E-state index contributed by atoms with van der Waals surface area (Å²) in [6.07, 6.45) is 4.67. The number of benzene rings is 1. The van der Waals surface area contributed by atoms with Gasteiger partial charge in [-0.25, -0.2) is 8.42 Å². The summed E-state index contributed by atoms with van der Waals surface area (Å²) < 4.78 is 31.7. The van der Waals surface area contributed by atoms with Crippen molar-refractivity contribution in [2.24, 2.45) is 11.8 Å². The highest BCUT2D eigenvalue weighted by molar-refractivity contribution is 7.89. The van der Waals surface area contributed by atoms with Crippen LogP contribution in [0, 0.1) is 11.8 Å². The van der Waals surface area contributed by atoms with Crippen LogP contribution in [0.3, 0.4) is 0 Å². The van der Waals surface area contributed by atoms with Crippen LogP contribution in [0.25, 0.3) is 0 Å². The lowest BCUT2D eigenvalue weighted by molar-refractivity contribution is -0.157. The van der Waals surface area contributed by atoms with Gasteiger partial charge in [0, 0.05) is 26.2 Å². The lowest BCUT2D eigenvalue weighted by Crippen LogP contribution is -2.51. The number of ether oxygens (including phenoxy) is 1. The van der Waals surface area contributed by atoms with Crippen molar-refractivity contribution < 1.29 is 32.3 Å². The molecule has 1 aromatic rings. The maximum atomic E-state index is 12.7. The molecule has 2 aliphatic heterocycles. The molecule has 2 fully saturated rings. The van der Waals surface area contributed by atoms with Crippen LogP contribution >= 0.6 is 0 Å². The smallest absolute Gasteiger partial charge is 0.326 e. The van der Waals surface area contributed by atoms with Gasteiger partial charge in [0.05, 0.1) is 16.7 Å². The van der Waals surface area contributed by atoms with Gasteiger partial charge in [-0.2, -0.15) is 4.31 Å². The number of hydrogen-bond donors (Lipinski definition) is 0. The van der Waals surface area contributed by atoms with E-state index < -0.39 is 46.9 Å². The van der Waals surface area contributed by atoms with E-state index in [9.17, 15) is 27.6 Å². The van der Waals surface area contributed by atoms with Crippen molar-refractivity contribution >= 4 is 33.7 Å². The van der Waals surface area contributed by atoms with E-state index in [1.165, 1.54) is 21.3 Å². The van der Waals surface area contributed by atoms with Gasteiger partial charge >= 0.3 is 5.97 Å². The van der Waals surface area contributed by atoms with Gasteiger partial charge in [0.1, 0.15) is 6.54 Å². The third-order valence-corrected chi connectivity index (χ3v) is 8.13. The molecule has 0 bridgehead atoms. The van der Waals surface area contributed by atoms with E-state index in [2.05, 4.69) is 0 Å². The zero-order valence-electron chi connectivity index (χ0n) is 18.0. The van der Waals surface area contributed by atoms with Gasteiger partial charge < -0.3 is 9.64 Å². The molecule has 2 saturated heterocycles. The molecule has 3 amide bonds. The minimum atomic E-state index is -3.63. The Morgan fingerprint density at radius 2 is 1.48 bits per heavy atom. The maximum absolute atomic E-state index is 12.7. The van der Waals surface area contributed by atoms with Crippen LogP contribution in [0.15, 0.2) is 47.4 Å². The predicted octanol–water partition coefficient (Wildman–Crippen LogP) is 0.0139. The Morgan fingerprint density at radius 3 is 2.06 bits per heavy atom. The maximum Gasteiger partial charge on any atom is 0.326 e. The van der Waals surface area contributed by atoms with Gasteiger partial charge in [-0.1, -0.05) is 30.4 Å². The number of esters is 1. The summed E-state index contributed by atoms with van der Waals surface area (Å²) in [5, 5.41) is 0.